The molecule has 2 nitrogen and oxygen atoms in total. The van der Waals surface area contributed by atoms with Crippen LogP contribution in [0.4, 0.5) is 0 Å². The molecule has 0 radical (unpaired) electrons. The first-order valence-corrected chi connectivity index (χ1v) is 8.31. The fourth-order valence-corrected chi connectivity index (χ4v) is 3.88. The standard InChI is InChI=1S/C17H29NO/c1-2-5-15-8-11-17(14-18,12-9-15)10-3-6-16-7-4-13-19-16/h15-16H,2-13H2,1H3. The third kappa shape index (κ3) is 4.21. The van der Waals surface area contributed by atoms with Crippen molar-refractivity contribution < 1.29 is 4.74 Å². The molecule has 1 aliphatic carbocycles. The zero-order valence-corrected chi connectivity index (χ0v) is 12.5. The van der Waals surface area contributed by atoms with E-state index in [2.05, 4.69) is 13.0 Å². The molecule has 0 bridgehead atoms. The highest BCUT2D eigenvalue weighted by Gasteiger charge is 2.34. The molecule has 2 heteroatoms. The van der Waals surface area contributed by atoms with Crippen LogP contribution in [0.3, 0.4) is 0 Å². The van der Waals surface area contributed by atoms with Gasteiger partial charge in [-0.1, -0.05) is 19.8 Å². The van der Waals surface area contributed by atoms with E-state index in [1.165, 1.54) is 51.4 Å². The summed E-state index contributed by atoms with van der Waals surface area (Å²) in [5.74, 6) is 0.893. The van der Waals surface area contributed by atoms with Crippen molar-refractivity contribution in [3.05, 3.63) is 0 Å². The third-order valence-corrected chi connectivity index (χ3v) is 5.20. The largest absolute Gasteiger partial charge is 0.378 e. The molecule has 2 rings (SSSR count). The van der Waals surface area contributed by atoms with Crippen LogP contribution >= 0.6 is 0 Å². The second-order valence-electron chi connectivity index (χ2n) is 6.65. The van der Waals surface area contributed by atoms with Gasteiger partial charge in [0, 0.05) is 6.61 Å². The molecule has 1 heterocycles. The maximum atomic E-state index is 9.57. The topological polar surface area (TPSA) is 33.0 Å². The van der Waals surface area contributed by atoms with Crippen molar-refractivity contribution in [1.29, 1.82) is 5.26 Å². The van der Waals surface area contributed by atoms with Crippen molar-refractivity contribution in [3.63, 3.8) is 0 Å². The van der Waals surface area contributed by atoms with E-state index in [0.29, 0.717) is 6.10 Å². The number of rotatable bonds is 6. The molecule has 1 saturated heterocycles. The Labute approximate surface area is 118 Å². The molecule has 19 heavy (non-hydrogen) atoms. The van der Waals surface area contributed by atoms with Gasteiger partial charge in [0.25, 0.3) is 0 Å². The Morgan fingerprint density at radius 1 is 1.21 bits per heavy atom. The molecular formula is C17H29NO. The van der Waals surface area contributed by atoms with E-state index in [4.69, 9.17) is 4.74 Å². The normalized spacial score (nSPS) is 35.2. The van der Waals surface area contributed by atoms with Crippen LogP contribution in [-0.2, 0) is 4.74 Å². The number of nitrogens with zero attached hydrogens (tertiary/aromatic N) is 1. The molecule has 0 aromatic rings. The monoisotopic (exact) mass is 263 g/mol. The van der Waals surface area contributed by atoms with E-state index in [-0.39, 0.29) is 5.41 Å². The third-order valence-electron chi connectivity index (χ3n) is 5.20. The van der Waals surface area contributed by atoms with Crippen LogP contribution in [0.1, 0.15) is 77.6 Å². The molecule has 0 N–H and O–H groups in total. The number of nitriles is 1. The zero-order chi connectivity index (χ0) is 13.6. The molecule has 0 spiro atoms. The lowest BCUT2D eigenvalue weighted by Gasteiger charge is -2.35. The summed E-state index contributed by atoms with van der Waals surface area (Å²) in [6, 6.07) is 2.66. The molecule has 108 valence electrons. The summed E-state index contributed by atoms with van der Waals surface area (Å²) >= 11 is 0. The predicted molar refractivity (Wildman–Crippen MR) is 77.7 cm³/mol. The van der Waals surface area contributed by atoms with E-state index >= 15 is 0 Å². The second-order valence-corrected chi connectivity index (χ2v) is 6.65. The fraction of sp³-hybridized carbons (Fsp3) is 0.941. The van der Waals surface area contributed by atoms with Crippen LogP contribution in [-0.4, -0.2) is 12.7 Å². The molecule has 0 amide bonds. The predicted octanol–water partition coefficient (Wildman–Crippen LogP) is 4.84. The second kappa shape index (κ2) is 7.29. The van der Waals surface area contributed by atoms with E-state index in [1.54, 1.807) is 0 Å². The summed E-state index contributed by atoms with van der Waals surface area (Å²) in [6.45, 7) is 3.22. The highest BCUT2D eigenvalue weighted by Crippen LogP contribution is 2.43. The smallest absolute Gasteiger partial charge is 0.0689 e. The average Bonchev–Trinajstić information content (AvgIpc) is 2.95. The summed E-state index contributed by atoms with van der Waals surface area (Å²) < 4.78 is 5.68. The van der Waals surface area contributed by atoms with Gasteiger partial charge >= 0.3 is 0 Å². The summed E-state index contributed by atoms with van der Waals surface area (Å²) in [4.78, 5) is 0. The van der Waals surface area contributed by atoms with Crippen molar-refractivity contribution in [2.75, 3.05) is 6.61 Å². The van der Waals surface area contributed by atoms with Gasteiger partial charge in [0.05, 0.1) is 17.6 Å². The molecule has 1 saturated carbocycles. The lowest BCUT2D eigenvalue weighted by molar-refractivity contribution is 0.0960. The lowest BCUT2D eigenvalue weighted by atomic mass is 9.68. The van der Waals surface area contributed by atoms with Gasteiger partial charge in [-0.15, -0.1) is 0 Å². The maximum absolute atomic E-state index is 9.57. The minimum atomic E-state index is 0.00282. The van der Waals surface area contributed by atoms with E-state index in [9.17, 15) is 5.26 Å². The molecule has 1 atom stereocenters. The molecule has 0 aromatic carbocycles. The Morgan fingerprint density at radius 2 is 2.00 bits per heavy atom. The van der Waals surface area contributed by atoms with Crippen LogP contribution in [0.25, 0.3) is 0 Å². The summed E-state index contributed by atoms with van der Waals surface area (Å²) in [6.07, 6.45) is 13.9. The Balaban J connectivity index is 1.71. The van der Waals surface area contributed by atoms with Crippen LogP contribution in [0.15, 0.2) is 0 Å². The van der Waals surface area contributed by atoms with Crippen LogP contribution < -0.4 is 0 Å². The van der Waals surface area contributed by atoms with Gasteiger partial charge in [-0.05, 0) is 63.7 Å². The minimum Gasteiger partial charge on any atom is -0.378 e. The van der Waals surface area contributed by atoms with Gasteiger partial charge in [-0.3, -0.25) is 0 Å². The van der Waals surface area contributed by atoms with Gasteiger partial charge in [0.2, 0.25) is 0 Å². The SMILES string of the molecule is CCCC1CCC(C#N)(CCCC2CCCO2)CC1. The van der Waals surface area contributed by atoms with E-state index in [1.807, 2.05) is 0 Å². The molecule has 2 fully saturated rings. The van der Waals surface area contributed by atoms with Crippen molar-refractivity contribution in [1.82, 2.24) is 0 Å². The Hall–Kier alpha value is -0.550. The van der Waals surface area contributed by atoms with Gasteiger partial charge in [-0.25, -0.2) is 0 Å². The lowest BCUT2D eigenvalue weighted by Crippen LogP contribution is -2.26. The Bertz CT molecular complexity index is 293. The Kier molecular flexibility index (Phi) is 5.70. The van der Waals surface area contributed by atoms with Crippen LogP contribution in [0.2, 0.25) is 0 Å². The van der Waals surface area contributed by atoms with Gasteiger partial charge in [0.15, 0.2) is 0 Å². The first kappa shape index (κ1) is 14.9. The zero-order valence-electron chi connectivity index (χ0n) is 12.5. The number of hydrogen-bond acceptors (Lipinski definition) is 2. The van der Waals surface area contributed by atoms with Crippen molar-refractivity contribution >= 4 is 0 Å². The van der Waals surface area contributed by atoms with Gasteiger partial charge in [-0.2, -0.15) is 5.26 Å². The highest BCUT2D eigenvalue weighted by molar-refractivity contribution is 5.01. The number of ether oxygens (including phenoxy) is 1. The summed E-state index contributed by atoms with van der Waals surface area (Å²) in [5, 5.41) is 9.57. The minimum absolute atomic E-state index is 0.00282. The molecular weight excluding hydrogens is 234 g/mol. The first-order chi connectivity index (χ1) is 9.28. The van der Waals surface area contributed by atoms with E-state index in [0.717, 1.165) is 31.8 Å². The summed E-state index contributed by atoms with van der Waals surface area (Å²) in [7, 11) is 0. The van der Waals surface area contributed by atoms with Gasteiger partial charge in [0.1, 0.15) is 0 Å². The van der Waals surface area contributed by atoms with Crippen molar-refractivity contribution in [2.24, 2.45) is 11.3 Å². The molecule has 0 aromatic heterocycles. The quantitative estimate of drug-likeness (QED) is 0.687. The highest BCUT2D eigenvalue weighted by atomic mass is 16.5. The van der Waals surface area contributed by atoms with Gasteiger partial charge < -0.3 is 4.74 Å². The fourth-order valence-electron chi connectivity index (χ4n) is 3.88. The molecule has 1 unspecified atom stereocenters. The first-order valence-electron chi connectivity index (χ1n) is 8.31. The van der Waals surface area contributed by atoms with Crippen molar-refractivity contribution in [2.45, 2.75) is 83.7 Å². The van der Waals surface area contributed by atoms with Crippen molar-refractivity contribution in [3.8, 4) is 6.07 Å². The van der Waals surface area contributed by atoms with Crippen LogP contribution in [0.5, 0.6) is 0 Å². The summed E-state index contributed by atoms with van der Waals surface area (Å²) in [5.41, 5.74) is 0.00282. The molecule has 1 aliphatic heterocycles. The average molecular weight is 263 g/mol. The molecule has 2 aliphatic rings. The number of hydrogen-bond donors (Lipinski definition) is 0. The van der Waals surface area contributed by atoms with Crippen LogP contribution in [0, 0.1) is 22.7 Å². The van der Waals surface area contributed by atoms with E-state index < -0.39 is 0 Å². The Morgan fingerprint density at radius 3 is 2.58 bits per heavy atom. The maximum Gasteiger partial charge on any atom is 0.0689 e.